The molecule has 0 rings (SSSR count). The van der Waals surface area contributed by atoms with Crippen molar-refractivity contribution in [2.24, 2.45) is 5.73 Å². The molecule has 0 aromatic carbocycles. The third-order valence-electron chi connectivity index (χ3n) is 4.12. The van der Waals surface area contributed by atoms with Crippen LogP contribution in [0.15, 0.2) is 0 Å². The highest BCUT2D eigenvalue weighted by atomic mass is 16.4. The first-order chi connectivity index (χ1) is 14.7. The van der Waals surface area contributed by atoms with E-state index >= 15 is 0 Å². The zero-order valence-corrected chi connectivity index (χ0v) is 17.3. The number of aliphatic carboxylic acids is 3. The van der Waals surface area contributed by atoms with E-state index in [1.807, 2.05) is 16.0 Å². The van der Waals surface area contributed by atoms with Crippen LogP contribution in [0, 0.1) is 0 Å². The molecule has 0 bridgehead atoms. The first-order valence-electron chi connectivity index (χ1n) is 9.36. The lowest BCUT2D eigenvalue weighted by Crippen LogP contribution is -2.61. The summed E-state index contributed by atoms with van der Waals surface area (Å²) in [5, 5.41) is 52.2. The maximum atomic E-state index is 12.5. The average Bonchev–Trinajstić information content (AvgIpc) is 2.65. The van der Waals surface area contributed by atoms with Crippen LogP contribution in [-0.2, 0) is 28.8 Å². The van der Waals surface area contributed by atoms with Crippen molar-refractivity contribution in [3.8, 4) is 0 Å². The molecule has 182 valence electrons. The minimum atomic E-state index is -1.74. The number of carbonyl (C=O) groups is 6. The number of carboxylic acid groups (broad SMARTS) is 3. The third-order valence-corrected chi connectivity index (χ3v) is 4.12. The van der Waals surface area contributed by atoms with Gasteiger partial charge in [0.05, 0.1) is 24.7 Å². The monoisotopic (exact) mass is 464 g/mol. The molecule has 0 spiro atoms. The summed E-state index contributed by atoms with van der Waals surface area (Å²) in [6.07, 6.45) is -4.89. The maximum Gasteiger partial charge on any atom is 0.326 e. The van der Waals surface area contributed by atoms with E-state index in [1.54, 1.807) is 0 Å². The van der Waals surface area contributed by atoms with Gasteiger partial charge in [0.2, 0.25) is 17.7 Å². The van der Waals surface area contributed by atoms with E-state index in [9.17, 15) is 39.0 Å². The predicted molar refractivity (Wildman–Crippen MR) is 104 cm³/mol. The number of hydrogen-bond donors (Lipinski definition) is 9. The molecule has 0 fully saturated rings. The lowest BCUT2D eigenvalue weighted by Gasteiger charge is -2.27. The van der Waals surface area contributed by atoms with Gasteiger partial charge in [-0.05, 0) is 20.3 Å². The van der Waals surface area contributed by atoms with Gasteiger partial charge in [-0.25, -0.2) is 4.79 Å². The fourth-order valence-corrected chi connectivity index (χ4v) is 2.38. The van der Waals surface area contributed by atoms with Crippen molar-refractivity contribution in [1.29, 1.82) is 0 Å². The molecule has 0 aliphatic rings. The second-order valence-corrected chi connectivity index (χ2v) is 6.99. The first-order valence-corrected chi connectivity index (χ1v) is 9.36. The van der Waals surface area contributed by atoms with Gasteiger partial charge < -0.3 is 47.2 Å². The van der Waals surface area contributed by atoms with Crippen LogP contribution in [-0.4, -0.2) is 97.5 Å². The Bertz CT molecular complexity index is 725. The summed E-state index contributed by atoms with van der Waals surface area (Å²) < 4.78 is 0. The molecule has 32 heavy (non-hydrogen) atoms. The Balaban J connectivity index is 5.36. The Hall–Kier alpha value is -3.30. The number of hydrogen-bond acceptors (Lipinski definition) is 9. The van der Waals surface area contributed by atoms with Crippen molar-refractivity contribution < 1.29 is 54.3 Å². The molecular weight excluding hydrogens is 436 g/mol. The van der Waals surface area contributed by atoms with Crippen molar-refractivity contribution in [1.82, 2.24) is 16.0 Å². The molecule has 0 aliphatic heterocycles. The Kier molecular flexibility index (Phi) is 11.8. The molecule has 6 atom stereocenters. The number of aliphatic hydroxyl groups is 2. The summed E-state index contributed by atoms with van der Waals surface area (Å²) >= 11 is 0. The topological polar surface area (TPSA) is 266 Å². The van der Waals surface area contributed by atoms with E-state index in [4.69, 9.17) is 21.1 Å². The molecule has 0 aliphatic carbocycles. The predicted octanol–water partition coefficient (Wildman–Crippen LogP) is -4.05. The van der Waals surface area contributed by atoms with Gasteiger partial charge in [-0.15, -0.1) is 0 Å². The maximum absolute atomic E-state index is 12.5. The summed E-state index contributed by atoms with van der Waals surface area (Å²) in [4.78, 5) is 69.4. The van der Waals surface area contributed by atoms with Crippen molar-refractivity contribution >= 4 is 35.6 Å². The minimum Gasteiger partial charge on any atom is -0.481 e. The van der Waals surface area contributed by atoms with Gasteiger partial charge in [0.1, 0.15) is 18.1 Å². The Morgan fingerprint density at radius 2 is 1.19 bits per heavy atom. The lowest BCUT2D eigenvalue weighted by atomic mass is 10.1. The fraction of sp³-hybridized carbons (Fsp3) is 0.647. The van der Waals surface area contributed by atoms with Crippen LogP contribution in [0.25, 0.3) is 0 Å². The third kappa shape index (κ3) is 10.1. The van der Waals surface area contributed by atoms with Crippen LogP contribution in [0.2, 0.25) is 0 Å². The summed E-state index contributed by atoms with van der Waals surface area (Å²) in [7, 11) is 0. The SMILES string of the molecule is CC(O)C(NC(=O)C(N)CC(=O)O)C(=O)NC(C(=O)NC(CCC(=O)O)C(=O)O)C(C)O. The van der Waals surface area contributed by atoms with Gasteiger partial charge in [0, 0.05) is 6.42 Å². The molecule has 0 heterocycles. The average molecular weight is 464 g/mol. The number of aliphatic hydroxyl groups excluding tert-OH is 2. The molecule has 0 aromatic heterocycles. The molecule has 0 saturated carbocycles. The van der Waals surface area contributed by atoms with Gasteiger partial charge in [-0.1, -0.05) is 0 Å². The van der Waals surface area contributed by atoms with E-state index in [0.29, 0.717) is 0 Å². The molecule has 6 unspecified atom stereocenters. The summed E-state index contributed by atoms with van der Waals surface area (Å²) in [6, 6.07) is -6.60. The minimum absolute atomic E-state index is 0.468. The molecule has 0 saturated heterocycles. The number of amides is 3. The number of carboxylic acids is 3. The van der Waals surface area contributed by atoms with E-state index < -0.39 is 91.3 Å². The molecule has 15 heteroatoms. The highest BCUT2D eigenvalue weighted by molar-refractivity contribution is 5.95. The normalized spacial score (nSPS) is 16.4. The number of nitrogens with one attached hydrogen (secondary N) is 3. The van der Waals surface area contributed by atoms with Crippen LogP contribution in [0.4, 0.5) is 0 Å². The van der Waals surface area contributed by atoms with Crippen molar-refractivity contribution in [3.05, 3.63) is 0 Å². The molecule has 15 nitrogen and oxygen atoms in total. The van der Waals surface area contributed by atoms with Gasteiger partial charge in [0.25, 0.3) is 0 Å². The van der Waals surface area contributed by atoms with Gasteiger partial charge in [-0.3, -0.25) is 24.0 Å². The van der Waals surface area contributed by atoms with Crippen molar-refractivity contribution in [3.63, 3.8) is 0 Å². The number of carbonyl (C=O) groups excluding carboxylic acids is 3. The highest BCUT2D eigenvalue weighted by Crippen LogP contribution is 2.03. The smallest absolute Gasteiger partial charge is 0.326 e. The van der Waals surface area contributed by atoms with E-state index in [-0.39, 0.29) is 0 Å². The van der Waals surface area contributed by atoms with E-state index in [2.05, 4.69) is 0 Å². The molecule has 10 N–H and O–H groups in total. The van der Waals surface area contributed by atoms with Crippen LogP contribution in [0.3, 0.4) is 0 Å². The zero-order valence-electron chi connectivity index (χ0n) is 17.3. The van der Waals surface area contributed by atoms with Crippen LogP contribution in [0.5, 0.6) is 0 Å². The fourth-order valence-electron chi connectivity index (χ4n) is 2.38. The Morgan fingerprint density at radius 3 is 1.56 bits per heavy atom. The zero-order chi connectivity index (χ0) is 25.2. The van der Waals surface area contributed by atoms with Crippen molar-refractivity contribution in [2.45, 2.75) is 69.5 Å². The molecule has 0 aromatic rings. The lowest BCUT2D eigenvalue weighted by molar-refractivity contribution is -0.144. The standard InChI is InChI=1S/C17H28N4O11/c1-6(22)12(15(29)19-9(17(31)32)3-4-10(24)25)21-16(30)13(7(2)23)20-14(28)8(18)5-11(26)27/h6-9,12-13,22-23H,3-5,18H2,1-2H3,(H,19,29)(H,20,28)(H,21,30)(H,24,25)(H,26,27)(H,31,32). The second kappa shape index (κ2) is 13.2. The summed E-state index contributed by atoms with van der Waals surface area (Å²) in [5.41, 5.74) is 5.39. The van der Waals surface area contributed by atoms with Gasteiger partial charge >= 0.3 is 17.9 Å². The van der Waals surface area contributed by atoms with Gasteiger partial charge in [-0.2, -0.15) is 0 Å². The van der Waals surface area contributed by atoms with Crippen molar-refractivity contribution in [2.75, 3.05) is 0 Å². The second-order valence-electron chi connectivity index (χ2n) is 6.99. The first kappa shape index (κ1) is 28.7. The van der Waals surface area contributed by atoms with E-state index in [1.165, 1.54) is 0 Å². The van der Waals surface area contributed by atoms with E-state index in [0.717, 1.165) is 13.8 Å². The van der Waals surface area contributed by atoms with Gasteiger partial charge in [0.15, 0.2) is 0 Å². The Morgan fingerprint density at radius 1 is 0.750 bits per heavy atom. The molecule has 0 radical (unpaired) electrons. The number of nitrogens with two attached hydrogens (primary N) is 1. The Labute approximate surface area is 182 Å². The van der Waals surface area contributed by atoms with Crippen LogP contribution < -0.4 is 21.7 Å². The van der Waals surface area contributed by atoms with Crippen LogP contribution >= 0.6 is 0 Å². The summed E-state index contributed by atoms with van der Waals surface area (Å²) in [5.74, 6) is -7.63. The molecular formula is C17H28N4O11. The largest absolute Gasteiger partial charge is 0.481 e. The quantitative estimate of drug-likeness (QED) is 0.119. The molecule has 3 amide bonds. The summed E-state index contributed by atoms with van der Waals surface area (Å²) in [6.45, 7) is 2.20. The highest BCUT2D eigenvalue weighted by Gasteiger charge is 2.34. The van der Waals surface area contributed by atoms with Crippen LogP contribution in [0.1, 0.15) is 33.1 Å². The number of rotatable bonds is 14.